The molecule has 10 heteroatoms. The number of benzene rings is 1. The zero-order valence-corrected chi connectivity index (χ0v) is 19.3. The molecule has 8 nitrogen and oxygen atoms in total. The van der Waals surface area contributed by atoms with Gasteiger partial charge in [-0.2, -0.15) is 5.10 Å². The molecule has 182 valence electrons. The first-order valence-electron chi connectivity index (χ1n) is 11.8. The molecule has 4 heterocycles. The fourth-order valence-corrected chi connectivity index (χ4v) is 4.66. The summed E-state index contributed by atoms with van der Waals surface area (Å²) >= 11 is 0. The van der Waals surface area contributed by atoms with Gasteiger partial charge in [0.1, 0.15) is 5.82 Å². The third kappa shape index (κ3) is 4.41. The van der Waals surface area contributed by atoms with Gasteiger partial charge in [-0.3, -0.25) is 9.89 Å². The highest BCUT2D eigenvalue weighted by molar-refractivity contribution is 5.80. The smallest absolute Gasteiger partial charge is 0.249 e. The van der Waals surface area contributed by atoms with Crippen molar-refractivity contribution in [2.24, 2.45) is 5.92 Å². The van der Waals surface area contributed by atoms with E-state index in [2.05, 4.69) is 25.5 Å². The third-order valence-corrected chi connectivity index (χ3v) is 6.69. The molecule has 0 radical (unpaired) electrons. The number of aromatic nitrogens is 5. The lowest BCUT2D eigenvalue weighted by molar-refractivity contribution is -0.160. The molecule has 1 amide bonds. The SMILES string of the molecule is O=C(C1CC(F)(F)C1)N1CCc2cnc(-c3cccc(Nc4ccc(-c5cn[nH]c5)cn4)c3)nc2C1. The number of H-pyrrole nitrogens is 1. The first-order chi connectivity index (χ1) is 17.4. The van der Waals surface area contributed by atoms with Gasteiger partial charge in [0.05, 0.1) is 18.4 Å². The summed E-state index contributed by atoms with van der Waals surface area (Å²) < 4.78 is 26.5. The maximum Gasteiger partial charge on any atom is 0.249 e. The Bertz CT molecular complexity index is 1400. The van der Waals surface area contributed by atoms with Gasteiger partial charge in [-0.1, -0.05) is 12.1 Å². The minimum atomic E-state index is -2.71. The van der Waals surface area contributed by atoms with E-state index < -0.39 is 11.8 Å². The molecule has 1 aliphatic heterocycles. The molecule has 0 unspecified atom stereocenters. The normalized spacial score (nSPS) is 16.8. The van der Waals surface area contributed by atoms with Gasteiger partial charge in [0.25, 0.3) is 0 Å². The number of pyridine rings is 1. The van der Waals surface area contributed by atoms with Crippen molar-refractivity contribution in [3.8, 4) is 22.5 Å². The van der Waals surface area contributed by atoms with E-state index in [0.717, 1.165) is 33.6 Å². The second-order valence-corrected chi connectivity index (χ2v) is 9.26. The van der Waals surface area contributed by atoms with Gasteiger partial charge in [0.15, 0.2) is 5.82 Å². The van der Waals surface area contributed by atoms with E-state index in [0.29, 0.717) is 31.2 Å². The van der Waals surface area contributed by atoms with E-state index in [1.54, 1.807) is 23.5 Å². The first-order valence-corrected chi connectivity index (χ1v) is 11.8. The van der Waals surface area contributed by atoms with E-state index in [4.69, 9.17) is 4.98 Å². The Labute approximate surface area is 205 Å². The molecule has 0 atom stereocenters. The van der Waals surface area contributed by atoms with Crippen LogP contribution in [-0.2, 0) is 17.8 Å². The van der Waals surface area contributed by atoms with E-state index in [1.807, 2.05) is 42.6 Å². The van der Waals surface area contributed by atoms with Crippen molar-refractivity contribution in [2.75, 3.05) is 11.9 Å². The minimum absolute atomic E-state index is 0.204. The zero-order chi connectivity index (χ0) is 24.7. The van der Waals surface area contributed by atoms with E-state index in [9.17, 15) is 13.6 Å². The number of carbonyl (C=O) groups is 1. The molecule has 0 spiro atoms. The summed E-state index contributed by atoms with van der Waals surface area (Å²) in [5.74, 6) is -2.26. The second kappa shape index (κ2) is 8.78. The van der Waals surface area contributed by atoms with Crippen LogP contribution >= 0.6 is 0 Å². The Morgan fingerprint density at radius 3 is 2.69 bits per heavy atom. The number of halogens is 2. The lowest BCUT2D eigenvalue weighted by Gasteiger charge is -2.38. The van der Waals surface area contributed by atoms with Crippen LogP contribution in [0.15, 0.2) is 61.2 Å². The number of aromatic amines is 1. The lowest BCUT2D eigenvalue weighted by Crippen LogP contribution is -2.48. The molecule has 36 heavy (non-hydrogen) atoms. The van der Waals surface area contributed by atoms with Crippen LogP contribution in [0.5, 0.6) is 0 Å². The highest BCUT2D eigenvalue weighted by atomic mass is 19.3. The van der Waals surface area contributed by atoms with Crippen LogP contribution < -0.4 is 5.32 Å². The summed E-state index contributed by atoms with van der Waals surface area (Å²) in [7, 11) is 0. The molecule has 1 saturated carbocycles. The van der Waals surface area contributed by atoms with Crippen molar-refractivity contribution in [1.82, 2.24) is 30.0 Å². The van der Waals surface area contributed by atoms with Crippen LogP contribution in [0.1, 0.15) is 24.1 Å². The van der Waals surface area contributed by atoms with Gasteiger partial charge in [-0.05, 0) is 36.2 Å². The summed E-state index contributed by atoms with van der Waals surface area (Å²) in [5.41, 5.74) is 5.33. The highest BCUT2D eigenvalue weighted by Crippen LogP contribution is 2.43. The topological polar surface area (TPSA) is 99.7 Å². The number of fused-ring (bicyclic) bond motifs is 1. The van der Waals surface area contributed by atoms with Crippen molar-refractivity contribution < 1.29 is 13.6 Å². The molecular weight excluding hydrogens is 464 g/mol. The fourth-order valence-electron chi connectivity index (χ4n) is 4.66. The number of nitrogens with one attached hydrogen (secondary N) is 2. The largest absolute Gasteiger partial charge is 0.340 e. The maximum absolute atomic E-state index is 13.2. The van der Waals surface area contributed by atoms with Gasteiger partial charge in [0, 0.05) is 66.3 Å². The molecule has 6 rings (SSSR count). The molecule has 1 fully saturated rings. The maximum atomic E-state index is 13.2. The van der Waals surface area contributed by atoms with Gasteiger partial charge in [-0.25, -0.2) is 23.7 Å². The van der Waals surface area contributed by atoms with Gasteiger partial charge in [-0.15, -0.1) is 0 Å². The molecule has 0 saturated heterocycles. The van der Waals surface area contributed by atoms with Crippen LogP contribution in [-0.4, -0.2) is 48.4 Å². The molecule has 2 N–H and O–H groups in total. The monoisotopic (exact) mass is 487 g/mol. The number of hydrogen-bond acceptors (Lipinski definition) is 6. The number of carbonyl (C=O) groups excluding carboxylic acids is 1. The average Bonchev–Trinajstić information content (AvgIpc) is 3.42. The summed E-state index contributed by atoms with van der Waals surface area (Å²) in [5, 5.41) is 10.1. The Kier molecular flexibility index (Phi) is 5.43. The predicted octanol–water partition coefficient (Wildman–Crippen LogP) is 4.60. The fraction of sp³-hybridized carbons (Fsp3) is 0.269. The summed E-state index contributed by atoms with van der Waals surface area (Å²) in [6.07, 6.45) is 7.04. The second-order valence-electron chi connectivity index (χ2n) is 9.26. The Hall–Kier alpha value is -4.21. The molecule has 4 aromatic rings. The summed E-state index contributed by atoms with van der Waals surface area (Å²) in [6.45, 7) is 0.818. The highest BCUT2D eigenvalue weighted by Gasteiger charge is 2.50. The summed E-state index contributed by atoms with van der Waals surface area (Å²) in [4.78, 5) is 28.1. The van der Waals surface area contributed by atoms with Crippen LogP contribution in [0.2, 0.25) is 0 Å². The first kappa shape index (κ1) is 22.3. The van der Waals surface area contributed by atoms with Crippen molar-refractivity contribution >= 4 is 17.4 Å². The predicted molar refractivity (Wildman–Crippen MR) is 129 cm³/mol. The van der Waals surface area contributed by atoms with E-state index >= 15 is 0 Å². The van der Waals surface area contributed by atoms with Crippen LogP contribution in [0.25, 0.3) is 22.5 Å². The standard InChI is InChI=1S/C26H23F2N7O/c27-26(28)9-19(10-26)25(36)35-7-6-18-12-30-24(34-22(18)15-35)16-2-1-3-21(8-16)33-23-5-4-17(11-29-23)20-13-31-32-14-20/h1-5,8,11-14,19H,6-7,9-10,15H2,(H,29,33)(H,31,32). The molecule has 1 aliphatic carbocycles. The van der Waals surface area contributed by atoms with Crippen LogP contribution in [0, 0.1) is 5.92 Å². The van der Waals surface area contributed by atoms with Crippen molar-refractivity contribution in [3.63, 3.8) is 0 Å². The quantitative estimate of drug-likeness (QED) is 0.427. The Morgan fingerprint density at radius 1 is 1.06 bits per heavy atom. The molecular formula is C26H23F2N7O. The Balaban J connectivity index is 1.17. The van der Waals surface area contributed by atoms with E-state index in [-0.39, 0.29) is 18.7 Å². The van der Waals surface area contributed by atoms with E-state index in [1.165, 1.54) is 0 Å². The number of hydrogen-bond donors (Lipinski definition) is 2. The van der Waals surface area contributed by atoms with Crippen molar-refractivity contribution in [3.05, 3.63) is 72.4 Å². The number of rotatable bonds is 5. The van der Waals surface area contributed by atoms with Crippen LogP contribution in [0.3, 0.4) is 0 Å². The minimum Gasteiger partial charge on any atom is -0.340 e. The lowest BCUT2D eigenvalue weighted by atomic mass is 9.80. The summed E-state index contributed by atoms with van der Waals surface area (Å²) in [6, 6.07) is 11.6. The zero-order valence-electron chi connectivity index (χ0n) is 19.3. The Morgan fingerprint density at radius 2 is 1.94 bits per heavy atom. The molecule has 2 aliphatic rings. The third-order valence-electron chi connectivity index (χ3n) is 6.69. The van der Waals surface area contributed by atoms with Crippen molar-refractivity contribution in [2.45, 2.75) is 31.7 Å². The number of anilines is 2. The molecule has 3 aromatic heterocycles. The number of nitrogens with zero attached hydrogens (tertiary/aromatic N) is 5. The van der Waals surface area contributed by atoms with Crippen molar-refractivity contribution in [1.29, 1.82) is 0 Å². The van der Waals surface area contributed by atoms with Gasteiger partial charge >= 0.3 is 0 Å². The van der Waals surface area contributed by atoms with Gasteiger partial charge in [0.2, 0.25) is 11.8 Å². The molecule has 1 aromatic carbocycles. The number of alkyl halides is 2. The van der Waals surface area contributed by atoms with Gasteiger partial charge < -0.3 is 10.2 Å². The average molecular weight is 488 g/mol. The molecule has 0 bridgehead atoms. The van der Waals surface area contributed by atoms with Crippen LogP contribution in [0.4, 0.5) is 20.3 Å². The number of amides is 1.